The van der Waals surface area contributed by atoms with Crippen molar-refractivity contribution < 1.29 is 0 Å². The van der Waals surface area contributed by atoms with Gasteiger partial charge in [-0.3, -0.25) is 0 Å². The average molecular weight is 322 g/mol. The molecule has 0 atom stereocenters. The van der Waals surface area contributed by atoms with Crippen LogP contribution in [0.1, 0.15) is 11.1 Å². The minimum absolute atomic E-state index is 0.883. The van der Waals surface area contributed by atoms with Crippen LogP contribution in [0.4, 0.5) is 0 Å². The third kappa shape index (κ3) is 3.61. The summed E-state index contributed by atoms with van der Waals surface area (Å²) in [6.07, 6.45) is 0. The number of rotatable bonds is 4. The van der Waals surface area contributed by atoms with Crippen molar-refractivity contribution in [1.82, 2.24) is 5.32 Å². The van der Waals surface area contributed by atoms with Crippen LogP contribution in [0.3, 0.4) is 0 Å². The number of aryl methyl sites for hydroxylation is 1. The van der Waals surface area contributed by atoms with Gasteiger partial charge in [0.2, 0.25) is 0 Å². The van der Waals surface area contributed by atoms with Crippen molar-refractivity contribution in [1.29, 1.82) is 0 Å². The number of hydrogen-bond acceptors (Lipinski definition) is 2. The van der Waals surface area contributed by atoms with E-state index in [4.69, 9.17) is 0 Å². The first-order valence-corrected chi connectivity index (χ1v) is 7.47. The highest BCUT2D eigenvalue weighted by molar-refractivity contribution is 9.10. The van der Waals surface area contributed by atoms with Gasteiger partial charge in [0.1, 0.15) is 0 Å². The number of halogens is 1. The van der Waals surface area contributed by atoms with Gasteiger partial charge in [0.05, 0.1) is 0 Å². The molecule has 18 heavy (non-hydrogen) atoms. The van der Waals surface area contributed by atoms with Gasteiger partial charge in [-0.05, 0) is 49.9 Å². The Morgan fingerprint density at radius 3 is 2.50 bits per heavy atom. The van der Waals surface area contributed by atoms with Crippen molar-refractivity contribution in [2.45, 2.75) is 23.3 Å². The lowest BCUT2D eigenvalue weighted by atomic mass is 10.2. The fourth-order valence-electron chi connectivity index (χ4n) is 1.71. The van der Waals surface area contributed by atoms with Crippen molar-refractivity contribution in [2.75, 3.05) is 7.05 Å². The van der Waals surface area contributed by atoms with Gasteiger partial charge >= 0.3 is 0 Å². The molecule has 0 spiro atoms. The van der Waals surface area contributed by atoms with Crippen molar-refractivity contribution in [3.8, 4) is 0 Å². The Labute approximate surface area is 121 Å². The van der Waals surface area contributed by atoms with Gasteiger partial charge in [0.25, 0.3) is 0 Å². The maximum absolute atomic E-state index is 3.52. The Morgan fingerprint density at radius 1 is 1.11 bits per heavy atom. The minimum Gasteiger partial charge on any atom is -0.316 e. The van der Waals surface area contributed by atoms with Crippen LogP contribution < -0.4 is 5.32 Å². The Kier molecular flexibility index (Phi) is 4.87. The van der Waals surface area contributed by atoms with Crippen molar-refractivity contribution in [2.24, 2.45) is 0 Å². The van der Waals surface area contributed by atoms with Crippen LogP contribution >= 0.6 is 27.7 Å². The highest BCUT2D eigenvalue weighted by Crippen LogP contribution is 2.32. The fraction of sp³-hybridized carbons (Fsp3) is 0.200. The standard InChI is InChI=1S/C15H16BrNS/c1-11-3-6-14(7-4-11)18-15-8-5-13(16)9-12(15)10-17-2/h3-9,17H,10H2,1-2H3. The van der Waals surface area contributed by atoms with Crippen LogP contribution in [-0.2, 0) is 6.54 Å². The van der Waals surface area contributed by atoms with Crippen LogP contribution in [0, 0.1) is 6.92 Å². The predicted molar refractivity (Wildman–Crippen MR) is 82.2 cm³/mol. The van der Waals surface area contributed by atoms with E-state index >= 15 is 0 Å². The van der Waals surface area contributed by atoms with Gasteiger partial charge < -0.3 is 5.32 Å². The lowest BCUT2D eigenvalue weighted by Crippen LogP contribution is -2.06. The second kappa shape index (κ2) is 6.41. The lowest BCUT2D eigenvalue weighted by molar-refractivity contribution is 0.802. The topological polar surface area (TPSA) is 12.0 Å². The molecule has 3 heteroatoms. The van der Waals surface area contributed by atoms with E-state index in [1.165, 1.54) is 20.9 Å². The van der Waals surface area contributed by atoms with E-state index in [1.54, 1.807) is 0 Å². The molecule has 0 saturated heterocycles. The molecule has 0 fully saturated rings. The van der Waals surface area contributed by atoms with E-state index in [2.05, 4.69) is 70.6 Å². The summed E-state index contributed by atoms with van der Waals surface area (Å²) in [6, 6.07) is 15.1. The zero-order valence-electron chi connectivity index (χ0n) is 10.5. The van der Waals surface area contributed by atoms with Crippen molar-refractivity contribution in [3.63, 3.8) is 0 Å². The highest BCUT2D eigenvalue weighted by Gasteiger charge is 2.04. The lowest BCUT2D eigenvalue weighted by Gasteiger charge is -2.09. The highest BCUT2D eigenvalue weighted by atomic mass is 79.9. The molecule has 0 unspecified atom stereocenters. The molecule has 0 heterocycles. The summed E-state index contributed by atoms with van der Waals surface area (Å²) >= 11 is 5.33. The summed E-state index contributed by atoms with van der Waals surface area (Å²) in [5.41, 5.74) is 2.61. The molecule has 1 nitrogen and oxygen atoms in total. The second-order valence-corrected chi connectivity index (χ2v) is 6.23. The fourth-order valence-corrected chi connectivity index (χ4v) is 3.04. The van der Waals surface area contributed by atoms with Crippen LogP contribution in [-0.4, -0.2) is 7.05 Å². The minimum atomic E-state index is 0.883. The van der Waals surface area contributed by atoms with Gasteiger partial charge in [-0.2, -0.15) is 0 Å². The Morgan fingerprint density at radius 2 is 1.83 bits per heavy atom. The third-order valence-corrected chi connectivity index (χ3v) is 4.26. The van der Waals surface area contributed by atoms with Crippen LogP contribution in [0.25, 0.3) is 0 Å². The second-order valence-electron chi connectivity index (χ2n) is 4.20. The molecular weight excluding hydrogens is 306 g/mol. The molecule has 2 rings (SSSR count). The van der Waals surface area contributed by atoms with E-state index in [0.29, 0.717) is 0 Å². The summed E-state index contributed by atoms with van der Waals surface area (Å²) in [5, 5.41) is 3.21. The van der Waals surface area contributed by atoms with Crippen molar-refractivity contribution in [3.05, 3.63) is 58.1 Å². The molecule has 0 amide bonds. The summed E-state index contributed by atoms with van der Waals surface area (Å²) < 4.78 is 1.13. The molecule has 0 aliphatic rings. The molecular formula is C15H16BrNS. The van der Waals surface area contributed by atoms with Crippen LogP contribution in [0.2, 0.25) is 0 Å². The molecule has 0 aliphatic heterocycles. The van der Waals surface area contributed by atoms with E-state index in [-0.39, 0.29) is 0 Å². The first kappa shape index (κ1) is 13.7. The largest absolute Gasteiger partial charge is 0.316 e. The van der Waals surface area contributed by atoms with Crippen molar-refractivity contribution >= 4 is 27.7 Å². The number of benzene rings is 2. The van der Waals surface area contributed by atoms with Gasteiger partial charge in [0.15, 0.2) is 0 Å². The smallest absolute Gasteiger partial charge is 0.0214 e. The molecule has 0 aliphatic carbocycles. The summed E-state index contributed by atoms with van der Waals surface area (Å²) in [5.74, 6) is 0. The zero-order valence-corrected chi connectivity index (χ0v) is 12.9. The Balaban J connectivity index is 2.25. The molecule has 2 aromatic rings. The van der Waals surface area contributed by atoms with E-state index in [9.17, 15) is 0 Å². The molecule has 1 N–H and O–H groups in total. The Hall–Kier alpha value is -0.770. The number of nitrogens with one attached hydrogen (secondary N) is 1. The molecule has 0 bridgehead atoms. The predicted octanol–water partition coefficient (Wildman–Crippen LogP) is 4.63. The molecule has 0 aromatic heterocycles. The Bertz CT molecular complexity index is 523. The molecule has 0 radical (unpaired) electrons. The maximum atomic E-state index is 3.52. The van der Waals surface area contributed by atoms with E-state index in [1.807, 2.05) is 18.8 Å². The SMILES string of the molecule is CNCc1cc(Br)ccc1Sc1ccc(C)cc1. The monoisotopic (exact) mass is 321 g/mol. The summed E-state index contributed by atoms with van der Waals surface area (Å²) in [7, 11) is 1.97. The van der Waals surface area contributed by atoms with E-state index < -0.39 is 0 Å². The van der Waals surface area contributed by atoms with Gasteiger partial charge in [-0.1, -0.05) is 45.4 Å². The quantitative estimate of drug-likeness (QED) is 0.881. The summed E-state index contributed by atoms with van der Waals surface area (Å²) in [6.45, 7) is 2.99. The maximum Gasteiger partial charge on any atom is 0.0214 e. The van der Waals surface area contributed by atoms with Crippen LogP contribution in [0.5, 0.6) is 0 Å². The zero-order chi connectivity index (χ0) is 13.0. The van der Waals surface area contributed by atoms with Gasteiger partial charge in [-0.25, -0.2) is 0 Å². The number of hydrogen-bond donors (Lipinski definition) is 1. The molecule has 2 aromatic carbocycles. The molecule has 0 saturated carbocycles. The van der Waals surface area contributed by atoms with Gasteiger partial charge in [0, 0.05) is 20.8 Å². The third-order valence-electron chi connectivity index (χ3n) is 2.64. The first-order chi connectivity index (χ1) is 8.69. The molecule has 94 valence electrons. The average Bonchev–Trinajstić information content (AvgIpc) is 2.36. The van der Waals surface area contributed by atoms with Gasteiger partial charge in [-0.15, -0.1) is 0 Å². The summed E-state index contributed by atoms with van der Waals surface area (Å²) in [4.78, 5) is 2.58. The van der Waals surface area contributed by atoms with Crippen LogP contribution in [0.15, 0.2) is 56.7 Å². The first-order valence-electron chi connectivity index (χ1n) is 5.86. The van der Waals surface area contributed by atoms with E-state index in [0.717, 1.165) is 11.0 Å². The normalized spacial score (nSPS) is 10.6.